The number of aromatic amines is 1. The van der Waals surface area contributed by atoms with E-state index in [1.807, 2.05) is 25.1 Å². The Morgan fingerprint density at radius 2 is 2.00 bits per heavy atom. The zero-order valence-corrected chi connectivity index (χ0v) is 14.6. The summed E-state index contributed by atoms with van der Waals surface area (Å²) in [5.41, 5.74) is 1.08. The number of nitrogens with one attached hydrogen (secondary N) is 1. The molecule has 0 aliphatic carbocycles. The molecule has 1 atom stereocenters. The molecule has 0 saturated carbocycles. The van der Waals surface area contributed by atoms with Gasteiger partial charge in [-0.2, -0.15) is 4.31 Å². The molecular formula is C17H23N3O2S. The maximum atomic E-state index is 12.9. The van der Waals surface area contributed by atoms with E-state index in [1.54, 1.807) is 4.31 Å². The molecule has 2 heterocycles. The normalized spacial score (nSPS) is 21.6. The van der Waals surface area contributed by atoms with Gasteiger partial charge in [0, 0.05) is 25.4 Å². The van der Waals surface area contributed by atoms with Crippen molar-refractivity contribution in [1.82, 2.24) is 14.3 Å². The zero-order chi connectivity index (χ0) is 16.7. The third-order valence-corrected chi connectivity index (χ3v) is 6.39. The highest BCUT2D eigenvalue weighted by Crippen LogP contribution is 2.43. The summed E-state index contributed by atoms with van der Waals surface area (Å²) in [6, 6.07) is 10.1. The molecule has 1 N–H and O–H groups in total. The van der Waals surface area contributed by atoms with E-state index in [9.17, 15) is 8.42 Å². The van der Waals surface area contributed by atoms with Gasteiger partial charge >= 0.3 is 0 Å². The molecule has 1 aromatic carbocycles. The zero-order valence-electron chi connectivity index (χ0n) is 13.8. The van der Waals surface area contributed by atoms with Gasteiger partial charge in [0.25, 0.3) is 10.0 Å². The number of aryl methyl sites for hydroxylation is 1. The highest BCUT2D eigenvalue weighted by Gasteiger charge is 2.45. The first-order chi connectivity index (χ1) is 10.8. The van der Waals surface area contributed by atoms with Gasteiger partial charge in [0.15, 0.2) is 5.03 Å². The van der Waals surface area contributed by atoms with E-state index in [-0.39, 0.29) is 16.4 Å². The Balaban J connectivity index is 1.90. The van der Waals surface area contributed by atoms with Crippen LogP contribution in [-0.2, 0) is 16.4 Å². The van der Waals surface area contributed by atoms with E-state index < -0.39 is 10.0 Å². The maximum absolute atomic E-state index is 12.9. The lowest BCUT2D eigenvalue weighted by atomic mass is 9.78. The standard InChI is InChI=1S/C17H23N3O2S/c1-4-15-18-10-16(19-15)23(21,22)20-11-14(17(2,3)12-20)13-8-6-5-7-9-13/h5-10,14H,4,11-12H2,1-3H3,(H,18,19)/t14-/m1/s1. The Labute approximate surface area is 137 Å². The minimum Gasteiger partial charge on any atom is -0.332 e. The maximum Gasteiger partial charge on any atom is 0.260 e. The second-order valence-corrected chi connectivity index (χ2v) is 8.70. The highest BCUT2D eigenvalue weighted by molar-refractivity contribution is 7.89. The minimum atomic E-state index is -3.52. The quantitative estimate of drug-likeness (QED) is 0.935. The summed E-state index contributed by atoms with van der Waals surface area (Å²) in [5, 5.41) is 0.193. The van der Waals surface area contributed by atoms with E-state index in [2.05, 4.69) is 35.9 Å². The van der Waals surface area contributed by atoms with Crippen LogP contribution in [0, 0.1) is 5.41 Å². The Morgan fingerprint density at radius 1 is 1.30 bits per heavy atom. The molecule has 3 rings (SSSR count). The summed E-state index contributed by atoms with van der Waals surface area (Å²) in [6.07, 6.45) is 2.12. The van der Waals surface area contributed by atoms with Crippen LogP contribution in [0.3, 0.4) is 0 Å². The molecule has 1 saturated heterocycles. The predicted molar refractivity (Wildman–Crippen MR) is 89.7 cm³/mol. The number of aromatic nitrogens is 2. The monoisotopic (exact) mass is 333 g/mol. The molecule has 23 heavy (non-hydrogen) atoms. The van der Waals surface area contributed by atoms with E-state index >= 15 is 0 Å². The van der Waals surface area contributed by atoms with Crippen molar-refractivity contribution in [3.63, 3.8) is 0 Å². The average Bonchev–Trinajstić information content (AvgIpc) is 3.12. The van der Waals surface area contributed by atoms with Gasteiger partial charge in [-0.1, -0.05) is 51.1 Å². The molecule has 124 valence electrons. The largest absolute Gasteiger partial charge is 0.332 e. The first kappa shape index (κ1) is 16.2. The molecule has 1 aromatic heterocycles. The fourth-order valence-corrected chi connectivity index (χ4v) is 4.86. The second-order valence-electron chi connectivity index (χ2n) is 6.80. The van der Waals surface area contributed by atoms with Crippen molar-refractivity contribution in [2.75, 3.05) is 13.1 Å². The fourth-order valence-electron chi connectivity index (χ4n) is 3.30. The Morgan fingerprint density at radius 3 is 2.61 bits per heavy atom. The summed E-state index contributed by atoms with van der Waals surface area (Å²) in [6.45, 7) is 7.21. The highest BCUT2D eigenvalue weighted by atomic mass is 32.2. The van der Waals surface area contributed by atoms with Crippen LogP contribution in [-0.4, -0.2) is 35.8 Å². The second kappa shape index (κ2) is 5.76. The lowest BCUT2D eigenvalue weighted by Gasteiger charge is -2.25. The van der Waals surface area contributed by atoms with Crippen LogP contribution < -0.4 is 0 Å². The third-order valence-electron chi connectivity index (χ3n) is 4.67. The predicted octanol–water partition coefficient (Wildman–Crippen LogP) is 2.79. The number of sulfonamides is 1. The van der Waals surface area contributed by atoms with Crippen LogP contribution in [0.4, 0.5) is 0 Å². The van der Waals surface area contributed by atoms with Crippen LogP contribution >= 0.6 is 0 Å². The minimum absolute atomic E-state index is 0.109. The molecule has 1 aliphatic heterocycles. The number of H-pyrrole nitrogens is 1. The molecule has 0 bridgehead atoms. The Kier molecular flexibility index (Phi) is 4.06. The molecule has 6 heteroatoms. The van der Waals surface area contributed by atoms with Crippen molar-refractivity contribution in [3.8, 4) is 0 Å². The van der Waals surface area contributed by atoms with Crippen molar-refractivity contribution in [3.05, 3.63) is 47.9 Å². The first-order valence-corrected chi connectivity index (χ1v) is 9.37. The SMILES string of the molecule is CCc1ncc(S(=O)(=O)N2C[C@H](c3ccccc3)C(C)(C)C2)[nH]1. The lowest BCUT2D eigenvalue weighted by molar-refractivity contribution is 0.346. The summed E-state index contributed by atoms with van der Waals surface area (Å²) < 4.78 is 27.3. The molecule has 0 spiro atoms. The summed E-state index contributed by atoms with van der Waals surface area (Å²) in [7, 11) is -3.52. The van der Waals surface area contributed by atoms with Gasteiger partial charge in [0.2, 0.25) is 0 Å². The summed E-state index contributed by atoms with van der Waals surface area (Å²) >= 11 is 0. The smallest absolute Gasteiger partial charge is 0.260 e. The van der Waals surface area contributed by atoms with Crippen LogP contribution in [0.2, 0.25) is 0 Å². The third kappa shape index (κ3) is 2.93. The van der Waals surface area contributed by atoms with E-state index in [0.717, 1.165) is 0 Å². The Hall–Kier alpha value is -1.66. The molecule has 1 fully saturated rings. The average molecular weight is 333 g/mol. The lowest BCUT2D eigenvalue weighted by Crippen LogP contribution is -2.30. The van der Waals surface area contributed by atoms with Crippen molar-refractivity contribution in [2.45, 2.75) is 38.1 Å². The van der Waals surface area contributed by atoms with Gasteiger partial charge in [0.1, 0.15) is 5.82 Å². The summed E-state index contributed by atoms with van der Waals surface area (Å²) in [5.74, 6) is 0.883. The topological polar surface area (TPSA) is 66.1 Å². The number of benzene rings is 1. The fraction of sp³-hybridized carbons (Fsp3) is 0.471. The van der Waals surface area contributed by atoms with Crippen molar-refractivity contribution >= 4 is 10.0 Å². The molecular weight excluding hydrogens is 310 g/mol. The van der Waals surface area contributed by atoms with Crippen molar-refractivity contribution < 1.29 is 8.42 Å². The number of hydrogen-bond donors (Lipinski definition) is 1. The summed E-state index contributed by atoms with van der Waals surface area (Å²) in [4.78, 5) is 7.05. The molecule has 2 aromatic rings. The van der Waals surface area contributed by atoms with Crippen molar-refractivity contribution in [2.24, 2.45) is 5.41 Å². The number of rotatable bonds is 4. The molecule has 5 nitrogen and oxygen atoms in total. The van der Waals surface area contributed by atoms with Crippen LogP contribution in [0.25, 0.3) is 0 Å². The van der Waals surface area contributed by atoms with E-state index in [0.29, 0.717) is 25.3 Å². The molecule has 1 aliphatic rings. The van der Waals surface area contributed by atoms with Crippen LogP contribution in [0.15, 0.2) is 41.6 Å². The van der Waals surface area contributed by atoms with Crippen molar-refractivity contribution in [1.29, 1.82) is 0 Å². The molecule has 0 radical (unpaired) electrons. The Bertz CT molecular complexity index is 781. The van der Waals surface area contributed by atoms with E-state index in [4.69, 9.17) is 0 Å². The van der Waals surface area contributed by atoms with Gasteiger partial charge in [-0.25, -0.2) is 13.4 Å². The number of imidazole rings is 1. The number of hydrogen-bond acceptors (Lipinski definition) is 3. The van der Waals surface area contributed by atoms with Crippen LogP contribution in [0.1, 0.15) is 38.1 Å². The van der Waals surface area contributed by atoms with Gasteiger partial charge in [0.05, 0.1) is 6.20 Å². The molecule has 0 amide bonds. The van der Waals surface area contributed by atoms with Gasteiger partial charge in [-0.3, -0.25) is 0 Å². The van der Waals surface area contributed by atoms with Gasteiger partial charge in [-0.15, -0.1) is 0 Å². The van der Waals surface area contributed by atoms with Crippen LogP contribution in [0.5, 0.6) is 0 Å². The molecule has 0 unspecified atom stereocenters. The first-order valence-electron chi connectivity index (χ1n) is 7.93. The number of nitrogens with zero attached hydrogens (tertiary/aromatic N) is 2. The van der Waals surface area contributed by atoms with Gasteiger partial charge < -0.3 is 4.98 Å². The van der Waals surface area contributed by atoms with Gasteiger partial charge in [-0.05, 0) is 11.0 Å². The van der Waals surface area contributed by atoms with E-state index in [1.165, 1.54) is 11.8 Å².